The molecule has 154 valence electrons. The van der Waals surface area contributed by atoms with Gasteiger partial charge in [0, 0.05) is 18.7 Å². The summed E-state index contributed by atoms with van der Waals surface area (Å²) in [4.78, 5) is 15.3. The first-order chi connectivity index (χ1) is 14.8. The summed E-state index contributed by atoms with van der Waals surface area (Å²) in [5, 5.41) is 3.56. The quantitative estimate of drug-likeness (QED) is 0.595. The zero-order valence-corrected chi connectivity index (χ0v) is 17.4. The van der Waals surface area contributed by atoms with E-state index in [0.29, 0.717) is 18.3 Å². The van der Waals surface area contributed by atoms with Crippen LogP contribution in [0.15, 0.2) is 91.0 Å². The molecule has 1 heterocycles. The minimum Gasteiger partial charge on any atom is -0.316 e. The molecule has 0 spiro atoms. The summed E-state index contributed by atoms with van der Waals surface area (Å²) in [6.45, 7) is 2.75. The molecule has 3 heteroatoms. The second kappa shape index (κ2) is 10.2. The van der Waals surface area contributed by atoms with Gasteiger partial charge < -0.3 is 10.2 Å². The topological polar surface area (TPSA) is 32.3 Å². The van der Waals surface area contributed by atoms with Gasteiger partial charge in [-0.15, -0.1) is 0 Å². The largest absolute Gasteiger partial charge is 0.316 e. The number of carbonyl (C=O) groups excluding carboxylic acids is 1. The van der Waals surface area contributed by atoms with Crippen molar-refractivity contribution in [2.45, 2.75) is 19.3 Å². The van der Waals surface area contributed by atoms with Crippen LogP contribution in [0, 0.1) is 11.8 Å². The maximum atomic E-state index is 13.3. The highest BCUT2D eigenvalue weighted by atomic mass is 16.2. The normalized spacial score (nSPS) is 18.3. The second-order valence-electron chi connectivity index (χ2n) is 8.19. The third kappa shape index (κ3) is 5.37. The van der Waals surface area contributed by atoms with Gasteiger partial charge in [0.05, 0.1) is 0 Å². The lowest BCUT2D eigenvalue weighted by atomic mass is 9.89. The Morgan fingerprint density at radius 2 is 1.33 bits per heavy atom. The number of amides is 1. The number of benzene rings is 3. The minimum absolute atomic E-state index is 0.204. The van der Waals surface area contributed by atoms with E-state index in [1.807, 2.05) is 41.3 Å². The van der Waals surface area contributed by atoms with Gasteiger partial charge >= 0.3 is 0 Å². The molecule has 1 aliphatic heterocycles. The SMILES string of the molecule is O=C(CCc1ccccc1)N(C[C@H]1CNC[C@@H]1Cc1ccccc1)c1ccccc1. The zero-order chi connectivity index (χ0) is 20.6. The Balaban J connectivity index is 1.46. The lowest BCUT2D eigenvalue weighted by Gasteiger charge is -2.29. The smallest absolute Gasteiger partial charge is 0.227 e. The average molecular weight is 399 g/mol. The number of para-hydroxylation sites is 1. The minimum atomic E-state index is 0.204. The van der Waals surface area contributed by atoms with Crippen LogP contribution in [0.3, 0.4) is 0 Å². The van der Waals surface area contributed by atoms with Crippen molar-refractivity contribution in [3.05, 3.63) is 102 Å². The fraction of sp³-hybridized carbons (Fsp3) is 0.296. The van der Waals surface area contributed by atoms with Crippen LogP contribution in [0.5, 0.6) is 0 Å². The standard InChI is InChI=1S/C27H30N2O/c30-27(17-16-22-10-4-1-5-11-22)29(26-14-8-3-9-15-26)21-25-20-28-19-24(25)18-23-12-6-2-7-13-23/h1-15,24-25,28H,16-21H2/t24-,25+/m0/s1. The molecule has 1 saturated heterocycles. The molecule has 0 radical (unpaired) electrons. The molecular weight excluding hydrogens is 368 g/mol. The average Bonchev–Trinajstić information content (AvgIpc) is 3.24. The Hall–Kier alpha value is -2.91. The van der Waals surface area contributed by atoms with Gasteiger partial charge in [0.2, 0.25) is 5.91 Å². The van der Waals surface area contributed by atoms with Crippen LogP contribution >= 0.6 is 0 Å². The van der Waals surface area contributed by atoms with Crippen LogP contribution in [0.2, 0.25) is 0 Å². The summed E-state index contributed by atoms with van der Waals surface area (Å²) in [5.74, 6) is 1.20. The molecule has 0 aromatic heterocycles. The van der Waals surface area contributed by atoms with Crippen molar-refractivity contribution in [3.8, 4) is 0 Å². The summed E-state index contributed by atoms with van der Waals surface area (Å²) in [5.41, 5.74) is 3.59. The summed E-state index contributed by atoms with van der Waals surface area (Å²) in [6, 6.07) is 31.1. The van der Waals surface area contributed by atoms with Crippen molar-refractivity contribution >= 4 is 11.6 Å². The highest BCUT2D eigenvalue weighted by molar-refractivity contribution is 5.93. The van der Waals surface area contributed by atoms with E-state index >= 15 is 0 Å². The first-order valence-corrected chi connectivity index (χ1v) is 10.9. The maximum Gasteiger partial charge on any atom is 0.227 e. The van der Waals surface area contributed by atoms with Crippen molar-refractivity contribution in [2.75, 3.05) is 24.5 Å². The molecule has 1 aliphatic rings. The second-order valence-corrected chi connectivity index (χ2v) is 8.19. The lowest BCUT2D eigenvalue weighted by Crippen LogP contribution is -2.38. The third-order valence-corrected chi connectivity index (χ3v) is 6.08. The predicted molar refractivity (Wildman–Crippen MR) is 124 cm³/mol. The van der Waals surface area contributed by atoms with Crippen LogP contribution in [-0.4, -0.2) is 25.5 Å². The van der Waals surface area contributed by atoms with Crippen LogP contribution < -0.4 is 10.2 Å². The first-order valence-electron chi connectivity index (χ1n) is 10.9. The molecule has 3 aromatic rings. The van der Waals surface area contributed by atoms with Crippen molar-refractivity contribution in [2.24, 2.45) is 11.8 Å². The van der Waals surface area contributed by atoms with E-state index in [4.69, 9.17) is 0 Å². The Morgan fingerprint density at radius 3 is 2.00 bits per heavy atom. The summed E-state index contributed by atoms with van der Waals surface area (Å²) >= 11 is 0. The summed E-state index contributed by atoms with van der Waals surface area (Å²) in [7, 11) is 0. The van der Waals surface area contributed by atoms with E-state index in [1.54, 1.807) is 0 Å². The number of rotatable bonds is 8. The highest BCUT2D eigenvalue weighted by Gasteiger charge is 2.30. The van der Waals surface area contributed by atoms with Gasteiger partial charge in [-0.25, -0.2) is 0 Å². The van der Waals surface area contributed by atoms with Crippen molar-refractivity contribution in [3.63, 3.8) is 0 Å². The molecule has 30 heavy (non-hydrogen) atoms. The van der Waals surface area contributed by atoms with Crippen LogP contribution in [-0.2, 0) is 17.6 Å². The Morgan fingerprint density at radius 1 is 0.767 bits per heavy atom. The van der Waals surface area contributed by atoms with E-state index < -0.39 is 0 Å². The molecule has 1 amide bonds. The van der Waals surface area contributed by atoms with E-state index in [1.165, 1.54) is 11.1 Å². The fourth-order valence-corrected chi connectivity index (χ4v) is 4.38. The van der Waals surface area contributed by atoms with Crippen molar-refractivity contribution in [1.29, 1.82) is 0 Å². The highest BCUT2D eigenvalue weighted by Crippen LogP contribution is 2.26. The Labute approximate surface area is 179 Å². The molecule has 0 aliphatic carbocycles. The van der Waals surface area contributed by atoms with Gasteiger partial charge in [-0.1, -0.05) is 78.9 Å². The zero-order valence-electron chi connectivity index (χ0n) is 17.4. The van der Waals surface area contributed by atoms with Crippen LogP contribution in [0.4, 0.5) is 5.69 Å². The van der Waals surface area contributed by atoms with Crippen LogP contribution in [0.25, 0.3) is 0 Å². The molecule has 4 rings (SSSR count). The molecule has 1 fully saturated rings. The van der Waals surface area contributed by atoms with Gasteiger partial charge in [0.15, 0.2) is 0 Å². The van der Waals surface area contributed by atoms with E-state index in [0.717, 1.165) is 38.2 Å². The van der Waals surface area contributed by atoms with Crippen LogP contribution in [0.1, 0.15) is 17.5 Å². The molecule has 0 saturated carbocycles. The predicted octanol–water partition coefficient (Wildman–Crippen LogP) is 4.73. The number of hydrogen-bond donors (Lipinski definition) is 1. The van der Waals surface area contributed by atoms with E-state index in [2.05, 4.69) is 59.9 Å². The molecule has 3 aromatic carbocycles. The van der Waals surface area contributed by atoms with E-state index in [9.17, 15) is 4.79 Å². The van der Waals surface area contributed by atoms with E-state index in [-0.39, 0.29) is 5.91 Å². The molecule has 0 bridgehead atoms. The van der Waals surface area contributed by atoms with Gasteiger partial charge in [-0.2, -0.15) is 0 Å². The van der Waals surface area contributed by atoms with Gasteiger partial charge in [-0.05, 0) is 61.0 Å². The molecule has 3 nitrogen and oxygen atoms in total. The summed E-state index contributed by atoms with van der Waals surface area (Å²) in [6.07, 6.45) is 2.36. The van der Waals surface area contributed by atoms with Crippen molar-refractivity contribution < 1.29 is 4.79 Å². The number of anilines is 1. The molecule has 0 unspecified atom stereocenters. The number of carbonyl (C=O) groups is 1. The van der Waals surface area contributed by atoms with Gasteiger partial charge in [0.25, 0.3) is 0 Å². The number of aryl methyl sites for hydroxylation is 1. The Bertz CT molecular complexity index is 911. The Kier molecular flexibility index (Phi) is 6.94. The molecule has 1 N–H and O–H groups in total. The lowest BCUT2D eigenvalue weighted by molar-refractivity contribution is -0.118. The van der Waals surface area contributed by atoms with Crippen molar-refractivity contribution in [1.82, 2.24) is 5.32 Å². The molecular formula is C27H30N2O. The van der Waals surface area contributed by atoms with Gasteiger partial charge in [-0.3, -0.25) is 4.79 Å². The number of nitrogens with one attached hydrogen (secondary N) is 1. The fourth-order valence-electron chi connectivity index (χ4n) is 4.38. The number of hydrogen-bond acceptors (Lipinski definition) is 2. The molecule has 2 atom stereocenters. The monoisotopic (exact) mass is 398 g/mol. The third-order valence-electron chi connectivity index (χ3n) is 6.08. The maximum absolute atomic E-state index is 13.3. The number of nitrogens with zero attached hydrogens (tertiary/aromatic N) is 1. The van der Waals surface area contributed by atoms with Gasteiger partial charge in [0.1, 0.15) is 0 Å². The summed E-state index contributed by atoms with van der Waals surface area (Å²) < 4.78 is 0. The first kappa shape index (κ1) is 20.4.